The lowest BCUT2D eigenvalue weighted by Gasteiger charge is -2.33. The molecule has 0 spiro atoms. The standard InChI is InChI=1S/C26H25N5O2S/c1-17-8-10-18(11-9-17)16-27-25(32)23-22(19-12-14-21(33-2)15-13-19)30-31-24(28-29-26(31)34-23)20-6-4-3-5-7-20/h3-15,22-23,30H,16H2,1-2H3,(H,27,32)/t22-,23+/m1/s1. The van der Waals surface area contributed by atoms with Crippen LogP contribution >= 0.6 is 11.8 Å². The van der Waals surface area contributed by atoms with Crippen LogP contribution in [-0.4, -0.2) is 33.1 Å². The smallest absolute Gasteiger partial charge is 0.236 e. The SMILES string of the molecule is COc1ccc([C@H]2Nn3c(nnc3-c3ccccc3)S[C@@H]2C(=O)NCc2ccc(C)cc2)cc1. The highest BCUT2D eigenvalue weighted by Crippen LogP contribution is 2.38. The normalized spacial score (nSPS) is 16.9. The van der Waals surface area contributed by atoms with Crippen LogP contribution < -0.4 is 15.5 Å². The zero-order chi connectivity index (χ0) is 23.5. The van der Waals surface area contributed by atoms with Crippen molar-refractivity contribution in [1.82, 2.24) is 20.2 Å². The first kappa shape index (κ1) is 22.0. The molecule has 3 aromatic carbocycles. The Hall–Kier alpha value is -3.78. The van der Waals surface area contributed by atoms with Crippen LogP contribution in [-0.2, 0) is 11.3 Å². The van der Waals surface area contributed by atoms with Crippen molar-refractivity contribution in [3.8, 4) is 17.1 Å². The molecule has 1 aliphatic rings. The number of hydrogen-bond donors (Lipinski definition) is 2. The Balaban J connectivity index is 1.44. The van der Waals surface area contributed by atoms with Crippen molar-refractivity contribution >= 4 is 17.7 Å². The predicted octanol–water partition coefficient (Wildman–Crippen LogP) is 4.34. The minimum Gasteiger partial charge on any atom is -0.497 e. The first-order valence-electron chi connectivity index (χ1n) is 11.0. The molecule has 2 heterocycles. The lowest BCUT2D eigenvalue weighted by molar-refractivity contribution is -0.121. The zero-order valence-electron chi connectivity index (χ0n) is 18.9. The summed E-state index contributed by atoms with van der Waals surface area (Å²) in [6.45, 7) is 2.51. The summed E-state index contributed by atoms with van der Waals surface area (Å²) in [6, 6.07) is 25.5. The maximum Gasteiger partial charge on any atom is 0.236 e. The van der Waals surface area contributed by atoms with Crippen LogP contribution in [0, 0.1) is 6.92 Å². The van der Waals surface area contributed by atoms with E-state index in [1.165, 1.54) is 17.3 Å². The number of benzene rings is 3. The monoisotopic (exact) mass is 471 g/mol. The number of rotatable bonds is 6. The van der Waals surface area contributed by atoms with E-state index in [2.05, 4.69) is 20.9 Å². The lowest BCUT2D eigenvalue weighted by atomic mass is 10.0. The molecule has 0 fully saturated rings. The molecule has 0 radical (unpaired) electrons. The number of carbonyl (C=O) groups is 1. The summed E-state index contributed by atoms with van der Waals surface area (Å²) in [6.07, 6.45) is 0. The van der Waals surface area contributed by atoms with Gasteiger partial charge in [0.25, 0.3) is 0 Å². The highest BCUT2D eigenvalue weighted by Gasteiger charge is 2.38. The predicted molar refractivity (Wildman–Crippen MR) is 133 cm³/mol. The summed E-state index contributed by atoms with van der Waals surface area (Å²) in [7, 11) is 1.64. The molecule has 34 heavy (non-hydrogen) atoms. The van der Waals surface area contributed by atoms with E-state index in [4.69, 9.17) is 4.74 Å². The van der Waals surface area contributed by atoms with Gasteiger partial charge in [0.15, 0.2) is 5.82 Å². The summed E-state index contributed by atoms with van der Waals surface area (Å²) in [5.74, 6) is 1.41. The molecule has 1 aromatic heterocycles. The van der Waals surface area contributed by atoms with Gasteiger partial charge in [-0.05, 0) is 30.2 Å². The molecule has 2 atom stereocenters. The third-order valence-corrected chi connectivity index (χ3v) is 7.00. The van der Waals surface area contributed by atoms with Gasteiger partial charge in [0, 0.05) is 12.1 Å². The minimum atomic E-state index is -0.431. The number of aromatic nitrogens is 3. The number of hydrogen-bond acceptors (Lipinski definition) is 6. The highest BCUT2D eigenvalue weighted by molar-refractivity contribution is 8.00. The molecule has 0 saturated heterocycles. The van der Waals surface area contributed by atoms with E-state index in [1.54, 1.807) is 7.11 Å². The van der Waals surface area contributed by atoms with Crippen LogP contribution in [0.1, 0.15) is 22.7 Å². The number of ether oxygens (including phenoxy) is 1. The first-order chi connectivity index (χ1) is 16.6. The number of fused-ring (bicyclic) bond motifs is 1. The molecule has 1 aliphatic heterocycles. The second-order valence-electron chi connectivity index (χ2n) is 8.13. The minimum absolute atomic E-state index is 0.0607. The summed E-state index contributed by atoms with van der Waals surface area (Å²) < 4.78 is 7.19. The van der Waals surface area contributed by atoms with Crippen molar-refractivity contribution in [1.29, 1.82) is 0 Å². The van der Waals surface area contributed by atoms with Gasteiger partial charge in [0.05, 0.1) is 13.2 Å². The molecule has 7 nitrogen and oxygen atoms in total. The van der Waals surface area contributed by atoms with Gasteiger partial charge >= 0.3 is 0 Å². The highest BCUT2D eigenvalue weighted by atomic mass is 32.2. The van der Waals surface area contributed by atoms with E-state index in [-0.39, 0.29) is 11.9 Å². The van der Waals surface area contributed by atoms with E-state index >= 15 is 0 Å². The van der Waals surface area contributed by atoms with Crippen LogP contribution in [0.3, 0.4) is 0 Å². The molecule has 1 amide bonds. The second kappa shape index (κ2) is 9.61. The number of methoxy groups -OCH3 is 1. The molecular formula is C26H25N5O2S. The average Bonchev–Trinajstić information content (AvgIpc) is 3.31. The number of aryl methyl sites for hydroxylation is 1. The molecule has 8 heteroatoms. The lowest BCUT2D eigenvalue weighted by Crippen LogP contribution is -2.43. The van der Waals surface area contributed by atoms with Crippen LogP contribution in [0.4, 0.5) is 0 Å². The summed E-state index contributed by atoms with van der Waals surface area (Å²) in [5.41, 5.74) is 7.68. The van der Waals surface area contributed by atoms with Crippen molar-refractivity contribution in [3.63, 3.8) is 0 Å². The van der Waals surface area contributed by atoms with Gasteiger partial charge in [-0.2, -0.15) is 0 Å². The Kier molecular flexibility index (Phi) is 6.22. The van der Waals surface area contributed by atoms with Gasteiger partial charge in [-0.25, -0.2) is 4.68 Å². The first-order valence-corrected chi connectivity index (χ1v) is 11.9. The molecule has 2 N–H and O–H groups in total. The molecule has 0 aliphatic carbocycles. The van der Waals surface area contributed by atoms with Crippen molar-refractivity contribution in [2.75, 3.05) is 12.5 Å². The average molecular weight is 472 g/mol. The van der Waals surface area contributed by atoms with E-state index in [0.717, 1.165) is 22.4 Å². The van der Waals surface area contributed by atoms with Gasteiger partial charge in [0.2, 0.25) is 11.1 Å². The van der Waals surface area contributed by atoms with Crippen molar-refractivity contribution in [2.45, 2.75) is 29.9 Å². The Bertz CT molecular complexity index is 1270. The van der Waals surface area contributed by atoms with Gasteiger partial charge in [-0.15, -0.1) is 10.2 Å². The van der Waals surface area contributed by atoms with E-state index in [9.17, 15) is 4.79 Å². The fraction of sp³-hybridized carbons (Fsp3) is 0.192. The molecular weight excluding hydrogens is 446 g/mol. The number of nitrogens with one attached hydrogen (secondary N) is 2. The Morgan fingerprint density at radius 3 is 2.47 bits per heavy atom. The molecule has 172 valence electrons. The Labute approximate surface area is 202 Å². The van der Waals surface area contributed by atoms with Crippen LogP contribution in [0.15, 0.2) is 84.0 Å². The molecule has 0 saturated carbocycles. The van der Waals surface area contributed by atoms with Crippen molar-refractivity contribution in [2.24, 2.45) is 0 Å². The van der Waals surface area contributed by atoms with Crippen LogP contribution in [0.5, 0.6) is 5.75 Å². The Morgan fingerprint density at radius 1 is 1.03 bits per heavy atom. The fourth-order valence-corrected chi connectivity index (χ4v) is 4.99. The number of nitrogens with zero attached hydrogens (tertiary/aromatic N) is 3. The topological polar surface area (TPSA) is 81.1 Å². The van der Waals surface area contributed by atoms with Crippen LogP contribution in [0.2, 0.25) is 0 Å². The number of thioether (sulfide) groups is 1. The molecule has 0 unspecified atom stereocenters. The van der Waals surface area contributed by atoms with Gasteiger partial charge in [-0.1, -0.05) is 84.1 Å². The van der Waals surface area contributed by atoms with E-state index in [0.29, 0.717) is 17.5 Å². The Morgan fingerprint density at radius 2 is 1.76 bits per heavy atom. The fourth-order valence-electron chi connectivity index (χ4n) is 3.89. The quantitative estimate of drug-likeness (QED) is 0.436. The summed E-state index contributed by atoms with van der Waals surface area (Å²) in [5, 5.41) is 12.1. The number of amides is 1. The molecule has 4 aromatic rings. The van der Waals surface area contributed by atoms with Gasteiger partial charge < -0.3 is 15.5 Å². The largest absolute Gasteiger partial charge is 0.497 e. The van der Waals surface area contributed by atoms with Gasteiger partial charge in [0.1, 0.15) is 11.0 Å². The van der Waals surface area contributed by atoms with E-state index < -0.39 is 5.25 Å². The summed E-state index contributed by atoms with van der Waals surface area (Å²) >= 11 is 1.41. The second-order valence-corrected chi connectivity index (χ2v) is 9.24. The summed E-state index contributed by atoms with van der Waals surface area (Å²) in [4.78, 5) is 13.4. The van der Waals surface area contributed by atoms with Gasteiger partial charge in [-0.3, -0.25) is 4.79 Å². The molecule has 5 rings (SSSR count). The zero-order valence-corrected chi connectivity index (χ0v) is 19.8. The van der Waals surface area contributed by atoms with Crippen molar-refractivity contribution < 1.29 is 9.53 Å². The number of carbonyl (C=O) groups excluding carboxylic acids is 1. The van der Waals surface area contributed by atoms with Crippen molar-refractivity contribution in [3.05, 3.63) is 95.6 Å². The third kappa shape index (κ3) is 4.49. The molecule has 0 bridgehead atoms. The maximum absolute atomic E-state index is 13.4. The third-order valence-electron chi connectivity index (χ3n) is 5.79. The van der Waals surface area contributed by atoms with Crippen LogP contribution in [0.25, 0.3) is 11.4 Å². The maximum atomic E-state index is 13.4. The van der Waals surface area contributed by atoms with E-state index in [1.807, 2.05) is 90.5 Å².